The van der Waals surface area contributed by atoms with Crippen LogP contribution in [-0.2, 0) is 11.7 Å². The first-order chi connectivity index (χ1) is 9.12. The first-order valence-corrected chi connectivity index (χ1v) is 7.09. The van der Waals surface area contributed by atoms with E-state index in [0.29, 0.717) is 17.4 Å². The summed E-state index contributed by atoms with van der Waals surface area (Å²) in [5, 5.41) is 0. The van der Waals surface area contributed by atoms with Crippen molar-refractivity contribution in [2.24, 2.45) is 17.6 Å². The lowest BCUT2D eigenvalue weighted by Gasteiger charge is -2.41. The molecule has 1 aliphatic rings. The summed E-state index contributed by atoms with van der Waals surface area (Å²) in [4.78, 5) is 0. The van der Waals surface area contributed by atoms with E-state index in [1.807, 2.05) is 0 Å². The molecule has 0 aliphatic heterocycles. The van der Waals surface area contributed by atoms with Crippen molar-refractivity contribution in [2.45, 2.75) is 51.7 Å². The zero-order valence-corrected chi connectivity index (χ0v) is 12.2. The minimum Gasteiger partial charge on any atom is -0.321 e. The first-order valence-electron chi connectivity index (χ1n) is 7.09. The molecule has 1 nitrogen and oxygen atoms in total. The largest absolute Gasteiger partial charge is 0.416 e. The Hall–Kier alpha value is -1.03. The normalized spacial score (nSPS) is 31.4. The Morgan fingerprint density at radius 2 is 1.70 bits per heavy atom. The van der Waals surface area contributed by atoms with Crippen molar-refractivity contribution >= 4 is 0 Å². The summed E-state index contributed by atoms with van der Waals surface area (Å²) < 4.78 is 38.2. The van der Waals surface area contributed by atoms with Gasteiger partial charge in [0.25, 0.3) is 0 Å². The SMILES string of the molecule is Cc1cc(C(F)(F)F)ccc1C1(N)CC(C)CC(C)C1. The third kappa shape index (κ3) is 3.00. The fourth-order valence-corrected chi connectivity index (χ4v) is 3.80. The fraction of sp³-hybridized carbons (Fsp3) is 0.625. The van der Waals surface area contributed by atoms with Crippen molar-refractivity contribution in [2.75, 3.05) is 0 Å². The van der Waals surface area contributed by atoms with E-state index in [0.717, 1.165) is 30.9 Å². The van der Waals surface area contributed by atoms with Gasteiger partial charge in [-0.05, 0) is 61.3 Å². The number of aryl methyl sites for hydroxylation is 1. The molecule has 2 N–H and O–H groups in total. The number of hydrogen-bond acceptors (Lipinski definition) is 1. The van der Waals surface area contributed by atoms with Crippen LogP contribution < -0.4 is 5.73 Å². The molecule has 4 heteroatoms. The van der Waals surface area contributed by atoms with Crippen LogP contribution in [0.4, 0.5) is 13.2 Å². The predicted molar refractivity (Wildman–Crippen MR) is 74.2 cm³/mol. The Labute approximate surface area is 118 Å². The highest BCUT2D eigenvalue weighted by molar-refractivity contribution is 5.37. The van der Waals surface area contributed by atoms with Crippen LogP contribution in [0.5, 0.6) is 0 Å². The van der Waals surface area contributed by atoms with Crippen LogP contribution in [0.15, 0.2) is 18.2 Å². The lowest BCUT2D eigenvalue weighted by molar-refractivity contribution is -0.137. The molecule has 1 aliphatic carbocycles. The first kappa shape index (κ1) is 15.4. The maximum absolute atomic E-state index is 12.7. The van der Waals surface area contributed by atoms with Gasteiger partial charge in [-0.2, -0.15) is 13.2 Å². The molecular formula is C16H22F3N. The standard InChI is InChI=1S/C16H22F3N/c1-10-6-11(2)9-15(20,8-10)14-5-4-13(7-12(14)3)16(17,18)19/h4-5,7,10-11H,6,8-9,20H2,1-3H3. The molecule has 0 saturated heterocycles. The van der Waals surface area contributed by atoms with Gasteiger partial charge >= 0.3 is 6.18 Å². The van der Waals surface area contributed by atoms with E-state index in [1.54, 1.807) is 13.0 Å². The Morgan fingerprint density at radius 3 is 2.15 bits per heavy atom. The average molecular weight is 285 g/mol. The molecule has 112 valence electrons. The number of alkyl halides is 3. The van der Waals surface area contributed by atoms with Crippen LogP contribution in [0.2, 0.25) is 0 Å². The van der Waals surface area contributed by atoms with Gasteiger partial charge in [0.05, 0.1) is 5.56 Å². The molecule has 2 unspecified atom stereocenters. The molecule has 0 amide bonds. The van der Waals surface area contributed by atoms with Crippen molar-refractivity contribution in [1.29, 1.82) is 0 Å². The zero-order chi connectivity index (χ0) is 15.1. The lowest BCUT2D eigenvalue weighted by atomic mass is 9.68. The number of rotatable bonds is 1. The van der Waals surface area contributed by atoms with E-state index in [9.17, 15) is 13.2 Å². The van der Waals surface area contributed by atoms with Gasteiger partial charge in [0.15, 0.2) is 0 Å². The van der Waals surface area contributed by atoms with E-state index in [2.05, 4.69) is 13.8 Å². The predicted octanol–water partition coefficient (Wildman–Crippen LogP) is 4.62. The van der Waals surface area contributed by atoms with Crippen LogP contribution in [0.1, 0.15) is 49.8 Å². The van der Waals surface area contributed by atoms with Gasteiger partial charge in [-0.1, -0.05) is 19.9 Å². The Bertz CT molecular complexity index is 483. The molecule has 0 heterocycles. The lowest BCUT2D eigenvalue weighted by Crippen LogP contribution is -2.44. The molecule has 2 rings (SSSR count). The van der Waals surface area contributed by atoms with E-state index in [-0.39, 0.29) is 0 Å². The van der Waals surface area contributed by atoms with Gasteiger partial charge in [0.1, 0.15) is 0 Å². The van der Waals surface area contributed by atoms with Gasteiger partial charge in [-0.25, -0.2) is 0 Å². The number of nitrogens with two attached hydrogens (primary N) is 1. The smallest absolute Gasteiger partial charge is 0.321 e. The Morgan fingerprint density at radius 1 is 1.15 bits per heavy atom. The third-order valence-electron chi connectivity index (χ3n) is 4.32. The van der Waals surface area contributed by atoms with Gasteiger partial charge in [0, 0.05) is 5.54 Å². The highest BCUT2D eigenvalue weighted by Gasteiger charge is 2.38. The summed E-state index contributed by atoms with van der Waals surface area (Å²) in [6, 6.07) is 3.94. The number of benzene rings is 1. The Balaban J connectivity index is 2.37. The molecule has 0 aromatic heterocycles. The van der Waals surface area contributed by atoms with Crippen LogP contribution >= 0.6 is 0 Å². The van der Waals surface area contributed by atoms with E-state index >= 15 is 0 Å². The van der Waals surface area contributed by atoms with Crippen molar-refractivity contribution in [3.63, 3.8) is 0 Å². The van der Waals surface area contributed by atoms with Crippen LogP contribution in [0, 0.1) is 18.8 Å². The molecule has 20 heavy (non-hydrogen) atoms. The van der Waals surface area contributed by atoms with Gasteiger partial charge < -0.3 is 5.73 Å². The van der Waals surface area contributed by atoms with Crippen molar-refractivity contribution in [3.05, 3.63) is 34.9 Å². The molecular weight excluding hydrogens is 263 g/mol. The molecule has 1 aromatic carbocycles. The molecule has 1 saturated carbocycles. The number of hydrogen-bond donors (Lipinski definition) is 1. The van der Waals surface area contributed by atoms with E-state index in [1.165, 1.54) is 6.07 Å². The average Bonchev–Trinajstić information content (AvgIpc) is 2.25. The van der Waals surface area contributed by atoms with E-state index in [4.69, 9.17) is 5.73 Å². The van der Waals surface area contributed by atoms with Gasteiger partial charge in [0.2, 0.25) is 0 Å². The molecule has 1 fully saturated rings. The number of halogens is 3. The molecule has 0 spiro atoms. The summed E-state index contributed by atoms with van der Waals surface area (Å²) in [5.74, 6) is 1.01. The minimum absolute atomic E-state index is 0.495. The van der Waals surface area contributed by atoms with Crippen LogP contribution in [-0.4, -0.2) is 0 Å². The summed E-state index contributed by atoms with van der Waals surface area (Å²) in [5.41, 5.74) is 6.95. The second-order valence-electron chi connectivity index (χ2n) is 6.54. The van der Waals surface area contributed by atoms with Crippen molar-refractivity contribution in [3.8, 4) is 0 Å². The fourth-order valence-electron chi connectivity index (χ4n) is 3.80. The maximum atomic E-state index is 12.7. The molecule has 1 aromatic rings. The zero-order valence-electron chi connectivity index (χ0n) is 12.2. The summed E-state index contributed by atoms with van der Waals surface area (Å²) in [6.07, 6.45) is -1.48. The van der Waals surface area contributed by atoms with Crippen LogP contribution in [0.3, 0.4) is 0 Å². The van der Waals surface area contributed by atoms with Crippen LogP contribution in [0.25, 0.3) is 0 Å². The summed E-state index contributed by atoms with van der Waals surface area (Å²) in [6.45, 7) is 6.05. The summed E-state index contributed by atoms with van der Waals surface area (Å²) in [7, 11) is 0. The highest BCUT2D eigenvalue weighted by Crippen LogP contribution is 2.42. The second-order valence-corrected chi connectivity index (χ2v) is 6.54. The van der Waals surface area contributed by atoms with Gasteiger partial charge in [-0.3, -0.25) is 0 Å². The van der Waals surface area contributed by atoms with Gasteiger partial charge in [-0.15, -0.1) is 0 Å². The van der Waals surface area contributed by atoms with Crippen molar-refractivity contribution < 1.29 is 13.2 Å². The monoisotopic (exact) mass is 285 g/mol. The Kier molecular flexibility index (Phi) is 3.89. The minimum atomic E-state index is -4.29. The molecule has 0 radical (unpaired) electrons. The highest BCUT2D eigenvalue weighted by atomic mass is 19.4. The van der Waals surface area contributed by atoms with Crippen molar-refractivity contribution in [1.82, 2.24) is 0 Å². The molecule has 0 bridgehead atoms. The second kappa shape index (κ2) is 5.06. The maximum Gasteiger partial charge on any atom is 0.416 e. The van der Waals surface area contributed by atoms with E-state index < -0.39 is 17.3 Å². The topological polar surface area (TPSA) is 26.0 Å². The summed E-state index contributed by atoms with van der Waals surface area (Å²) >= 11 is 0. The molecule has 2 atom stereocenters. The quantitative estimate of drug-likeness (QED) is 0.800. The third-order valence-corrected chi connectivity index (χ3v) is 4.32.